The zero-order chi connectivity index (χ0) is 13.4. The van der Waals surface area contributed by atoms with Gasteiger partial charge >= 0.3 is 5.97 Å². The molecular weight excluding hydrogens is 258 g/mol. The molecule has 0 aliphatic heterocycles. The van der Waals surface area contributed by atoms with E-state index < -0.39 is 26.8 Å². The molecular formula is C11H15NO5S. The average Bonchev–Trinajstić information content (AvgIpc) is 2.85. The second kappa shape index (κ2) is 4.40. The van der Waals surface area contributed by atoms with Crippen molar-refractivity contribution in [2.24, 2.45) is 0 Å². The molecule has 0 bridgehead atoms. The number of furan rings is 1. The molecule has 1 unspecified atom stereocenters. The largest absolute Gasteiger partial charge is 0.480 e. The fraction of sp³-hybridized carbons (Fsp3) is 0.545. The quantitative estimate of drug-likeness (QED) is 0.797. The SMILES string of the molecule is CC1(S(=O)(=O)NC(Cc2ccoc2)C(=O)O)CC1. The molecule has 1 fully saturated rings. The summed E-state index contributed by atoms with van der Waals surface area (Å²) in [6, 6.07) is 0.452. The van der Waals surface area contributed by atoms with Crippen LogP contribution in [0.2, 0.25) is 0 Å². The number of nitrogens with one attached hydrogen (secondary N) is 1. The summed E-state index contributed by atoms with van der Waals surface area (Å²) in [5.41, 5.74) is 0.644. The predicted octanol–water partition coefficient (Wildman–Crippen LogP) is 0.747. The maximum Gasteiger partial charge on any atom is 0.322 e. The Kier molecular flexibility index (Phi) is 3.20. The third-order valence-electron chi connectivity index (χ3n) is 3.22. The van der Waals surface area contributed by atoms with Crippen LogP contribution in [0.1, 0.15) is 25.3 Å². The highest BCUT2D eigenvalue weighted by molar-refractivity contribution is 7.91. The molecule has 1 aliphatic rings. The van der Waals surface area contributed by atoms with Gasteiger partial charge in [0.25, 0.3) is 0 Å². The van der Waals surface area contributed by atoms with Gasteiger partial charge in [-0.3, -0.25) is 4.79 Å². The van der Waals surface area contributed by atoms with Gasteiger partial charge in [-0.2, -0.15) is 0 Å². The van der Waals surface area contributed by atoms with Gasteiger partial charge in [-0.15, -0.1) is 0 Å². The normalized spacial score (nSPS) is 19.4. The molecule has 1 aromatic heterocycles. The molecule has 1 saturated carbocycles. The van der Waals surface area contributed by atoms with Gasteiger partial charge in [-0.25, -0.2) is 13.1 Å². The van der Waals surface area contributed by atoms with E-state index in [9.17, 15) is 13.2 Å². The van der Waals surface area contributed by atoms with E-state index in [1.807, 2.05) is 0 Å². The number of hydrogen-bond donors (Lipinski definition) is 2. The molecule has 7 heteroatoms. The minimum absolute atomic E-state index is 0.0706. The highest BCUT2D eigenvalue weighted by Crippen LogP contribution is 2.42. The van der Waals surface area contributed by atoms with E-state index in [1.165, 1.54) is 12.5 Å². The number of rotatable bonds is 6. The van der Waals surface area contributed by atoms with Gasteiger partial charge in [-0.05, 0) is 31.4 Å². The summed E-state index contributed by atoms with van der Waals surface area (Å²) < 4.78 is 30.2. The molecule has 0 saturated heterocycles. The number of sulfonamides is 1. The molecule has 1 aromatic rings. The summed E-state index contributed by atoms with van der Waals surface area (Å²) in [5, 5.41) is 9.06. The molecule has 1 aliphatic carbocycles. The second-order valence-corrected chi connectivity index (χ2v) is 7.03. The maximum absolute atomic E-state index is 12.0. The summed E-state index contributed by atoms with van der Waals surface area (Å²) in [6.07, 6.45) is 4.04. The van der Waals surface area contributed by atoms with Crippen LogP contribution in [0.15, 0.2) is 23.0 Å². The summed E-state index contributed by atoms with van der Waals surface area (Å²) in [5.74, 6) is -1.19. The number of aliphatic carboxylic acids is 1. The van der Waals surface area contributed by atoms with Gasteiger partial charge in [-0.1, -0.05) is 0 Å². The average molecular weight is 273 g/mol. The third-order valence-corrected chi connectivity index (χ3v) is 5.52. The highest BCUT2D eigenvalue weighted by atomic mass is 32.2. The lowest BCUT2D eigenvalue weighted by Gasteiger charge is -2.17. The van der Waals surface area contributed by atoms with E-state index in [0.717, 1.165) is 0 Å². The van der Waals surface area contributed by atoms with Gasteiger partial charge in [0, 0.05) is 6.42 Å². The van der Waals surface area contributed by atoms with Crippen LogP contribution in [0.25, 0.3) is 0 Å². The van der Waals surface area contributed by atoms with Crippen molar-refractivity contribution in [3.8, 4) is 0 Å². The van der Waals surface area contributed by atoms with Crippen LogP contribution in [0.4, 0.5) is 0 Å². The Balaban J connectivity index is 2.10. The standard InChI is InChI=1S/C11H15NO5S/c1-11(3-4-11)18(15,16)12-9(10(13)14)6-8-2-5-17-7-8/h2,5,7,9,12H,3-4,6H2,1H3,(H,13,14). The fourth-order valence-corrected chi connectivity index (χ4v) is 3.08. The molecule has 0 spiro atoms. The molecule has 18 heavy (non-hydrogen) atoms. The van der Waals surface area contributed by atoms with E-state index >= 15 is 0 Å². The first kappa shape index (κ1) is 13.1. The van der Waals surface area contributed by atoms with Gasteiger partial charge in [0.2, 0.25) is 10.0 Å². The Morgan fingerprint density at radius 3 is 2.72 bits per heavy atom. The van der Waals surface area contributed by atoms with Crippen molar-refractivity contribution in [2.75, 3.05) is 0 Å². The molecule has 1 atom stereocenters. The zero-order valence-corrected chi connectivity index (χ0v) is 10.7. The maximum atomic E-state index is 12.0. The van der Waals surface area contributed by atoms with Gasteiger partial charge in [0.05, 0.1) is 17.3 Å². The molecule has 2 rings (SSSR count). The van der Waals surface area contributed by atoms with E-state index in [1.54, 1.807) is 13.0 Å². The van der Waals surface area contributed by atoms with E-state index in [0.29, 0.717) is 18.4 Å². The van der Waals surface area contributed by atoms with E-state index in [2.05, 4.69) is 4.72 Å². The summed E-state index contributed by atoms with van der Waals surface area (Å²) in [4.78, 5) is 11.1. The van der Waals surface area contributed by atoms with E-state index in [4.69, 9.17) is 9.52 Å². The first-order chi connectivity index (χ1) is 8.34. The van der Waals surface area contributed by atoms with Crippen LogP contribution in [-0.2, 0) is 21.2 Å². The first-order valence-electron chi connectivity index (χ1n) is 5.60. The van der Waals surface area contributed by atoms with Crippen molar-refractivity contribution in [1.29, 1.82) is 0 Å². The molecule has 2 N–H and O–H groups in total. The van der Waals surface area contributed by atoms with Gasteiger partial charge < -0.3 is 9.52 Å². The lowest BCUT2D eigenvalue weighted by Crippen LogP contribution is -2.46. The lowest BCUT2D eigenvalue weighted by molar-refractivity contribution is -0.138. The van der Waals surface area contributed by atoms with E-state index in [-0.39, 0.29) is 6.42 Å². The minimum Gasteiger partial charge on any atom is -0.480 e. The Morgan fingerprint density at radius 1 is 1.61 bits per heavy atom. The number of hydrogen-bond acceptors (Lipinski definition) is 4. The van der Waals surface area contributed by atoms with Crippen LogP contribution in [0.3, 0.4) is 0 Å². The zero-order valence-electron chi connectivity index (χ0n) is 9.92. The van der Waals surface area contributed by atoms with Gasteiger partial charge in [0.15, 0.2) is 0 Å². The smallest absolute Gasteiger partial charge is 0.322 e. The van der Waals surface area contributed by atoms with Crippen molar-refractivity contribution in [2.45, 2.75) is 37.0 Å². The van der Waals surface area contributed by atoms with Crippen LogP contribution in [0, 0.1) is 0 Å². The minimum atomic E-state index is -3.60. The van der Waals surface area contributed by atoms with Crippen LogP contribution < -0.4 is 4.72 Å². The molecule has 1 heterocycles. The first-order valence-corrected chi connectivity index (χ1v) is 7.08. The molecule has 0 aromatic carbocycles. The molecule has 6 nitrogen and oxygen atoms in total. The Morgan fingerprint density at radius 2 is 2.28 bits per heavy atom. The van der Waals surface area contributed by atoms with Crippen molar-refractivity contribution in [3.63, 3.8) is 0 Å². The van der Waals surface area contributed by atoms with Gasteiger partial charge in [0.1, 0.15) is 6.04 Å². The predicted molar refractivity (Wildman–Crippen MR) is 63.5 cm³/mol. The van der Waals surface area contributed by atoms with Crippen molar-refractivity contribution < 1.29 is 22.7 Å². The Labute approximate surface area is 105 Å². The number of carboxylic acid groups (broad SMARTS) is 1. The highest BCUT2D eigenvalue weighted by Gasteiger charge is 2.51. The summed E-state index contributed by atoms with van der Waals surface area (Å²) in [6.45, 7) is 1.62. The summed E-state index contributed by atoms with van der Waals surface area (Å²) in [7, 11) is -3.60. The molecule has 0 radical (unpaired) electrons. The van der Waals surface area contributed by atoms with Crippen LogP contribution in [0.5, 0.6) is 0 Å². The topological polar surface area (TPSA) is 96.6 Å². The summed E-state index contributed by atoms with van der Waals surface area (Å²) >= 11 is 0. The van der Waals surface area contributed by atoms with Crippen LogP contribution in [-0.4, -0.2) is 30.3 Å². The molecule has 100 valence electrons. The Hall–Kier alpha value is -1.34. The van der Waals surface area contributed by atoms with Crippen molar-refractivity contribution in [3.05, 3.63) is 24.2 Å². The fourth-order valence-electron chi connectivity index (χ4n) is 1.60. The number of carboxylic acids is 1. The second-order valence-electron chi connectivity index (χ2n) is 4.80. The Bertz CT molecular complexity index is 530. The molecule has 0 amide bonds. The van der Waals surface area contributed by atoms with Crippen molar-refractivity contribution >= 4 is 16.0 Å². The lowest BCUT2D eigenvalue weighted by atomic mass is 10.1. The number of carbonyl (C=O) groups is 1. The third kappa shape index (κ3) is 2.56. The van der Waals surface area contributed by atoms with Crippen molar-refractivity contribution in [1.82, 2.24) is 4.72 Å². The monoisotopic (exact) mass is 273 g/mol. The van der Waals surface area contributed by atoms with Crippen LogP contribution >= 0.6 is 0 Å².